The first kappa shape index (κ1) is 23.3. The van der Waals surface area contributed by atoms with Crippen molar-refractivity contribution in [3.63, 3.8) is 0 Å². The van der Waals surface area contributed by atoms with Crippen LogP contribution in [0.3, 0.4) is 0 Å². The zero-order valence-corrected chi connectivity index (χ0v) is 20.5. The Labute approximate surface area is 213 Å². The summed E-state index contributed by atoms with van der Waals surface area (Å²) in [7, 11) is -3.71. The Morgan fingerprint density at radius 2 is 1.78 bits per heavy atom. The zero-order chi connectivity index (χ0) is 25.6. The number of benzene rings is 3. The average molecular weight is 517 g/mol. The number of fused-ring (bicyclic) bond motifs is 2. The normalized spacial score (nSPS) is 16.7. The van der Waals surface area contributed by atoms with Gasteiger partial charge in [0.05, 0.1) is 11.2 Å². The van der Waals surface area contributed by atoms with E-state index in [1.54, 1.807) is 36.4 Å². The first-order chi connectivity index (χ1) is 17.9. The van der Waals surface area contributed by atoms with Crippen molar-refractivity contribution in [1.82, 2.24) is 4.68 Å². The van der Waals surface area contributed by atoms with Gasteiger partial charge in [0.2, 0.25) is 0 Å². The Hall–Kier alpha value is -4.12. The third kappa shape index (κ3) is 4.25. The molecule has 1 fully saturated rings. The van der Waals surface area contributed by atoms with Crippen LogP contribution in [0.25, 0.3) is 10.9 Å². The predicted octanol–water partition coefficient (Wildman–Crippen LogP) is 5.57. The molecule has 0 radical (unpaired) electrons. The summed E-state index contributed by atoms with van der Waals surface area (Å²) >= 11 is 0. The van der Waals surface area contributed by atoms with Gasteiger partial charge in [-0.15, -0.1) is 4.40 Å². The van der Waals surface area contributed by atoms with Crippen LogP contribution < -0.4 is 15.6 Å². The summed E-state index contributed by atoms with van der Waals surface area (Å²) in [5.41, 5.74) is 1.87. The van der Waals surface area contributed by atoms with Gasteiger partial charge in [0, 0.05) is 17.2 Å². The fourth-order valence-electron chi connectivity index (χ4n) is 4.30. The number of amidine groups is 1. The van der Waals surface area contributed by atoms with Gasteiger partial charge in [0.25, 0.3) is 5.56 Å². The van der Waals surface area contributed by atoms with E-state index in [1.165, 1.54) is 10.7 Å². The predicted molar refractivity (Wildman–Crippen MR) is 145 cm³/mol. The monoisotopic (exact) mass is 516 g/mol. The van der Waals surface area contributed by atoms with Gasteiger partial charge in [-0.1, -0.05) is 53.2 Å². The van der Waals surface area contributed by atoms with E-state index in [1.807, 2.05) is 30.3 Å². The van der Waals surface area contributed by atoms with E-state index in [0.29, 0.717) is 28.9 Å². The molecular weight excluding hydrogens is 492 g/mol. The smallest absolute Gasteiger partial charge is 0.286 e. The minimum Gasteiger partial charge on any atom is -0.506 e. The van der Waals surface area contributed by atoms with Crippen LogP contribution in [0.1, 0.15) is 30.4 Å². The van der Waals surface area contributed by atoms with Gasteiger partial charge in [-0.3, -0.25) is 13.9 Å². The summed E-state index contributed by atoms with van der Waals surface area (Å²) < 4.78 is 33.1. The van der Waals surface area contributed by atoms with Gasteiger partial charge >= 0.3 is 0 Å². The molecule has 1 aromatic heterocycles. The van der Waals surface area contributed by atoms with E-state index < -0.39 is 16.3 Å². The Morgan fingerprint density at radius 3 is 2.54 bits per heavy atom. The van der Waals surface area contributed by atoms with Crippen LogP contribution in [0.5, 0.6) is 11.5 Å². The highest BCUT2D eigenvalue weighted by molar-refractivity contribution is 8.23. The summed E-state index contributed by atoms with van der Waals surface area (Å²) in [6, 6.07) is 21.3. The molecule has 4 N–H and O–H groups in total. The standard InChI is InChI=1S/C27H24N4O5S/c32-25-20-11-4-5-12-22(20)31(29-18-9-6-10-18)27(33)24(25)26-28-21-14-13-19(15-23(21)37(34,35)30-26)36-16-17-7-2-1-3-8-17/h1-5,7-8,11-15,32,34-35H,6,9-10,16H2,(H,28,30). The fourth-order valence-corrected chi connectivity index (χ4v) is 5.48. The molecule has 0 saturated heterocycles. The van der Waals surface area contributed by atoms with E-state index in [2.05, 4.69) is 14.8 Å². The molecule has 0 atom stereocenters. The van der Waals surface area contributed by atoms with Gasteiger partial charge in [-0.25, -0.2) is 0 Å². The maximum atomic E-state index is 13.6. The summed E-state index contributed by atoms with van der Waals surface area (Å²) in [6.45, 7) is 0.313. The second-order valence-corrected chi connectivity index (χ2v) is 10.6. The summed E-state index contributed by atoms with van der Waals surface area (Å²) in [5, 5.41) is 19.0. The van der Waals surface area contributed by atoms with Crippen molar-refractivity contribution in [2.75, 3.05) is 5.32 Å². The van der Waals surface area contributed by atoms with Gasteiger partial charge in [-0.05, 0) is 49.1 Å². The van der Waals surface area contributed by atoms with Crippen molar-refractivity contribution in [2.45, 2.75) is 30.8 Å². The van der Waals surface area contributed by atoms with Crippen molar-refractivity contribution >= 4 is 38.9 Å². The molecule has 0 bridgehead atoms. The van der Waals surface area contributed by atoms with Crippen molar-refractivity contribution in [3.8, 4) is 11.5 Å². The lowest BCUT2D eigenvalue weighted by atomic mass is 9.98. The number of hydrogen-bond acceptors (Lipinski definition) is 8. The van der Waals surface area contributed by atoms with E-state index in [-0.39, 0.29) is 22.0 Å². The fraction of sp³-hybridized carbons (Fsp3) is 0.148. The maximum Gasteiger partial charge on any atom is 0.286 e. The number of aromatic nitrogens is 1. The second kappa shape index (κ2) is 9.07. The molecule has 2 aliphatic rings. The highest BCUT2D eigenvalue weighted by Crippen LogP contribution is 2.56. The molecule has 1 saturated carbocycles. The van der Waals surface area contributed by atoms with Gasteiger partial charge in [0.1, 0.15) is 28.6 Å². The lowest BCUT2D eigenvalue weighted by molar-refractivity contribution is 0.305. The minimum atomic E-state index is -3.71. The molecule has 2 heterocycles. The molecule has 4 aromatic rings. The van der Waals surface area contributed by atoms with Crippen LogP contribution in [0.4, 0.5) is 5.69 Å². The molecule has 0 spiro atoms. The molecule has 37 heavy (non-hydrogen) atoms. The van der Waals surface area contributed by atoms with Crippen molar-refractivity contribution in [1.29, 1.82) is 0 Å². The Kier molecular flexibility index (Phi) is 5.71. The van der Waals surface area contributed by atoms with E-state index in [0.717, 1.165) is 30.5 Å². The summed E-state index contributed by atoms with van der Waals surface area (Å²) in [6.07, 6.45) is 2.62. The summed E-state index contributed by atoms with van der Waals surface area (Å²) in [5.74, 6) is -0.00472. The van der Waals surface area contributed by atoms with Gasteiger partial charge in [-0.2, -0.15) is 9.78 Å². The van der Waals surface area contributed by atoms with Crippen LogP contribution >= 0.6 is 10.8 Å². The van der Waals surface area contributed by atoms with Crippen molar-refractivity contribution in [3.05, 3.63) is 94.3 Å². The minimum absolute atomic E-state index is 0.136. The van der Waals surface area contributed by atoms with Crippen LogP contribution in [-0.4, -0.2) is 30.4 Å². The highest BCUT2D eigenvalue weighted by atomic mass is 32.3. The average Bonchev–Trinajstić information content (AvgIpc) is 2.87. The lowest BCUT2D eigenvalue weighted by Gasteiger charge is -2.34. The second-order valence-electron chi connectivity index (χ2n) is 8.89. The Balaban J connectivity index is 1.40. The van der Waals surface area contributed by atoms with Crippen LogP contribution in [0.2, 0.25) is 0 Å². The number of anilines is 1. The van der Waals surface area contributed by atoms with E-state index >= 15 is 0 Å². The van der Waals surface area contributed by atoms with Crippen LogP contribution in [0.15, 0.2) is 92.0 Å². The Morgan fingerprint density at radius 1 is 1.03 bits per heavy atom. The number of pyridine rings is 1. The maximum absolute atomic E-state index is 13.6. The van der Waals surface area contributed by atoms with Crippen molar-refractivity contribution in [2.24, 2.45) is 9.50 Å². The molecule has 1 aliphatic heterocycles. The number of para-hydroxylation sites is 1. The van der Waals surface area contributed by atoms with E-state index in [9.17, 15) is 19.0 Å². The number of rotatable bonds is 5. The first-order valence-electron chi connectivity index (χ1n) is 11.8. The number of aromatic hydroxyl groups is 1. The molecule has 9 nitrogen and oxygen atoms in total. The van der Waals surface area contributed by atoms with Gasteiger partial charge < -0.3 is 15.2 Å². The van der Waals surface area contributed by atoms with Gasteiger partial charge in [0.15, 0.2) is 5.84 Å². The molecule has 3 aromatic carbocycles. The molecule has 188 valence electrons. The Bertz CT molecular complexity index is 1640. The largest absolute Gasteiger partial charge is 0.506 e. The third-order valence-corrected chi connectivity index (χ3v) is 7.77. The number of nitrogens with one attached hydrogen (secondary N) is 1. The topological polar surface area (TPSA) is 129 Å². The SMILES string of the molecule is O=c1c(C2=NS(O)(O)c3cc(OCc4ccccc4)ccc3N2)c(O)c2ccccc2n1N=C1CCC1. The molecular formula is C27H24N4O5S. The molecule has 1 aliphatic carbocycles. The van der Waals surface area contributed by atoms with E-state index in [4.69, 9.17) is 4.74 Å². The highest BCUT2D eigenvalue weighted by Gasteiger charge is 2.31. The van der Waals surface area contributed by atoms with Crippen LogP contribution in [0, 0.1) is 0 Å². The molecule has 0 unspecified atom stereocenters. The number of nitrogens with zero attached hydrogens (tertiary/aromatic N) is 3. The number of hydrogen-bond donors (Lipinski definition) is 4. The number of ether oxygens (including phenoxy) is 1. The van der Waals surface area contributed by atoms with Crippen molar-refractivity contribution < 1.29 is 18.9 Å². The molecule has 0 amide bonds. The molecule has 10 heteroatoms. The molecule has 6 rings (SSSR count). The lowest BCUT2D eigenvalue weighted by Crippen LogP contribution is -2.31. The first-order valence-corrected chi connectivity index (χ1v) is 13.3. The summed E-state index contributed by atoms with van der Waals surface area (Å²) in [4.78, 5) is 13.7. The quantitative estimate of drug-likeness (QED) is 0.274. The van der Waals surface area contributed by atoms with Crippen LogP contribution in [-0.2, 0) is 6.61 Å². The zero-order valence-electron chi connectivity index (χ0n) is 19.7. The third-order valence-electron chi connectivity index (χ3n) is 6.41.